The van der Waals surface area contributed by atoms with Gasteiger partial charge in [0.2, 0.25) is 0 Å². The number of ether oxygens (including phenoxy) is 2. The summed E-state index contributed by atoms with van der Waals surface area (Å²) >= 11 is 0. The van der Waals surface area contributed by atoms with Crippen molar-refractivity contribution in [3.63, 3.8) is 0 Å². The van der Waals surface area contributed by atoms with Crippen LogP contribution in [0.1, 0.15) is 20.8 Å². The highest BCUT2D eigenvalue weighted by Gasteiger charge is 2.26. The molecular weight excluding hydrogens is 370 g/mol. The lowest BCUT2D eigenvalue weighted by Crippen LogP contribution is -2.24. The molecule has 2 nitrogen and oxygen atoms in total. The van der Waals surface area contributed by atoms with E-state index in [1.165, 1.54) is 19.2 Å². The van der Waals surface area contributed by atoms with Gasteiger partial charge < -0.3 is 9.47 Å². The summed E-state index contributed by atoms with van der Waals surface area (Å²) in [5.41, 5.74) is 0.329. The molecule has 0 bridgehead atoms. The normalized spacial score (nSPS) is 11.8. The zero-order valence-corrected chi connectivity index (χ0v) is 16.8. The minimum atomic E-state index is -0.644. The summed E-state index contributed by atoms with van der Waals surface area (Å²) in [6, 6.07) is 17.7. The SMILES string of the molecule is COc1c(F)cc2ccccc2c1-c1c(OC(C)(C)C)c(F)cc2ccccc12. The molecule has 4 rings (SSSR count). The third kappa shape index (κ3) is 3.39. The van der Waals surface area contributed by atoms with Gasteiger partial charge in [0, 0.05) is 11.1 Å². The first-order chi connectivity index (χ1) is 13.8. The van der Waals surface area contributed by atoms with Gasteiger partial charge in [-0.1, -0.05) is 48.5 Å². The van der Waals surface area contributed by atoms with Gasteiger partial charge in [-0.2, -0.15) is 0 Å². The zero-order valence-electron chi connectivity index (χ0n) is 16.8. The van der Waals surface area contributed by atoms with E-state index >= 15 is 4.39 Å². The first kappa shape index (κ1) is 19.2. The predicted molar refractivity (Wildman–Crippen MR) is 114 cm³/mol. The molecule has 0 saturated heterocycles. The summed E-state index contributed by atoms with van der Waals surface area (Å²) in [6.45, 7) is 5.56. The lowest BCUT2D eigenvalue weighted by Gasteiger charge is -2.26. The van der Waals surface area contributed by atoms with Gasteiger partial charge in [-0.25, -0.2) is 8.78 Å². The lowest BCUT2D eigenvalue weighted by molar-refractivity contribution is 0.125. The predicted octanol–water partition coefficient (Wildman–Crippen LogP) is 7.12. The Kier molecular flexibility index (Phi) is 4.65. The van der Waals surface area contributed by atoms with Gasteiger partial charge in [-0.05, 0) is 54.4 Å². The summed E-state index contributed by atoms with van der Waals surface area (Å²) in [5, 5.41) is 2.94. The number of rotatable bonds is 3. The van der Waals surface area contributed by atoms with E-state index in [9.17, 15) is 4.39 Å². The Labute approximate surface area is 168 Å². The Bertz CT molecular complexity index is 1220. The largest absolute Gasteiger partial charge is 0.493 e. The second kappa shape index (κ2) is 7.03. The third-order valence-electron chi connectivity index (χ3n) is 4.78. The van der Waals surface area contributed by atoms with Gasteiger partial charge in [0.15, 0.2) is 23.1 Å². The van der Waals surface area contributed by atoms with Gasteiger partial charge in [-0.15, -0.1) is 0 Å². The highest BCUT2D eigenvalue weighted by atomic mass is 19.1. The molecule has 4 aromatic rings. The second-order valence-corrected chi connectivity index (χ2v) is 7.99. The Hall–Kier alpha value is -3.14. The fourth-order valence-electron chi connectivity index (χ4n) is 3.69. The Morgan fingerprint density at radius 3 is 1.62 bits per heavy atom. The molecule has 148 valence electrons. The van der Waals surface area contributed by atoms with Crippen LogP contribution in [0.4, 0.5) is 8.78 Å². The molecule has 0 atom stereocenters. The molecule has 0 spiro atoms. The van der Waals surface area contributed by atoms with E-state index in [1.54, 1.807) is 0 Å². The van der Waals surface area contributed by atoms with Crippen LogP contribution in [0, 0.1) is 11.6 Å². The second-order valence-electron chi connectivity index (χ2n) is 7.99. The third-order valence-corrected chi connectivity index (χ3v) is 4.78. The maximum absolute atomic E-state index is 15.3. The average Bonchev–Trinajstić information content (AvgIpc) is 2.67. The van der Waals surface area contributed by atoms with E-state index in [1.807, 2.05) is 69.3 Å². The molecule has 0 unspecified atom stereocenters. The molecule has 0 radical (unpaired) electrons. The van der Waals surface area contributed by atoms with Crippen molar-refractivity contribution in [3.8, 4) is 22.6 Å². The number of hydrogen-bond donors (Lipinski definition) is 0. The molecule has 0 aromatic heterocycles. The number of methoxy groups -OCH3 is 1. The number of hydrogen-bond acceptors (Lipinski definition) is 2. The van der Waals surface area contributed by atoms with E-state index < -0.39 is 17.2 Å². The summed E-state index contributed by atoms with van der Waals surface area (Å²) < 4.78 is 41.8. The minimum Gasteiger partial charge on any atom is -0.493 e. The lowest BCUT2D eigenvalue weighted by atomic mass is 9.91. The van der Waals surface area contributed by atoms with Crippen LogP contribution in [0.25, 0.3) is 32.7 Å². The molecule has 0 heterocycles. The Morgan fingerprint density at radius 1 is 0.690 bits per heavy atom. The van der Waals surface area contributed by atoms with Gasteiger partial charge in [0.25, 0.3) is 0 Å². The maximum Gasteiger partial charge on any atom is 0.166 e. The Morgan fingerprint density at radius 2 is 1.14 bits per heavy atom. The van der Waals surface area contributed by atoms with Gasteiger partial charge in [0.1, 0.15) is 5.60 Å². The molecule has 4 aromatic carbocycles. The van der Waals surface area contributed by atoms with Crippen molar-refractivity contribution < 1.29 is 18.3 Å². The maximum atomic E-state index is 15.3. The molecule has 4 heteroatoms. The highest BCUT2D eigenvalue weighted by Crippen LogP contribution is 2.48. The van der Waals surface area contributed by atoms with Crippen LogP contribution in [-0.2, 0) is 0 Å². The van der Waals surface area contributed by atoms with Crippen molar-refractivity contribution in [1.29, 1.82) is 0 Å². The fourth-order valence-corrected chi connectivity index (χ4v) is 3.69. The molecule has 29 heavy (non-hydrogen) atoms. The summed E-state index contributed by atoms with van der Waals surface area (Å²) in [6.07, 6.45) is 0. The van der Waals surface area contributed by atoms with E-state index in [4.69, 9.17) is 9.47 Å². The molecule has 0 aliphatic rings. The van der Waals surface area contributed by atoms with Gasteiger partial charge in [-0.3, -0.25) is 0 Å². The van der Waals surface area contributed by atoms with E-state index in [-0.39, 0.29) is 11.5 Å². The summed E-state index contributed by atoms with van der Waals surface area (Å²) in [7, 11) is 1.42. The van der Waals surface area contributed by atoms with Crippen molar-refractivity contribution in [2.45, 2.75) is 26.4 Å². The monoisotopic (exact) mass is 392 g/mol. The van der Waals surface area contributed by atoms with Crippen molar-refractivity contribution in [2.24, 2.45) is 0 Å². The first-order valence-corrected chi connectivity index (χ1v) is 9.46. The summed E-state index contributed by atoms with van der Waals surface area (Å²) in [5.74, 6) is -0.844. The van der Waals surface area contributed by atoms with Crippen LogP contribution in [0.15, 0.2) is 60.7 Å². The number of fused-ring (bicyclic) bond motifs is 2. The Balaban J connectivity index is 2.23. The smallest absolute Gasteiger partial charge is 0.166 e. The van der Waals surface area contributed by atoms with Crippen molar-refractivity contribution in [1.82, 2.24) is 0 Å². The molecule has 0 N–H and O–H groups in total. The van der Waals surface area contributed by atoms with Crippen LogP contribution in [0.5, 0.6) is 11.5 Å². The van der Waals surface area contributed by atoms with Crippen molar-refractivity contribution in [3.05, 3.63) is 72.3 Å². The molecule has 0 amide bonds. The molecule has 0 aliphatic heterocycles. The minimum absolute atomic E-state index is 0.0678. The fraction of sp³-hybridized carbons (Fsp3) is 0.200. The summed E-state index contributed by atoms with van der Waals surface area (Å²) in [4.78, 5) is 0. The first-order valence-electron chi connectivity index (χ1n) is 9.46. The van der Waals surface area contributed by atoms with Crippen LogP contribution in [0.2, 0.25) is 0 Å². The molecule has 0 aliphatic carbocycles. The van der Waals surface area contributed by atoms with Gasteiger partial charge in [0.05, 0.1) is 7.11 Å². The van der Waals surface area contributed by atoms with E-state index in [2.05, 4.69) is 0 Å². The molecule has 0 saturated carbocycles. The van der Waals surface area contributed by atoms with E-state index in [0.717, 1.165) is 10.8 Å². The van der Waals surface area contributed by atoms with Gasteiger partial charge >= 0.3 is 0 Å². The quantitative estimate of drug-likeness (QED) is 0.369. The van der Waals surface area contributed by atoms with Crippen LogP contribution >= 0.6 is 0 Å². The van der Waals surface area contributed by atoms with Crippen LogP contribution < -0.4 is 9.47 Å². The zero-order chi connectivity index (χ0) is 20.8. The van der Waals surface area contributed by atoms with Crippen molar-refractivity contribution >= 4 is 21.5 Å². The van der Waals surface area contributed by atoms with Crippen molar-refractivity contribution in [2.75, 3.05) is 7.11 Å². The average molecular weight is 392 g/mol. The van der Waals surface area contributed by atoms with Crippen LogP contribution in [-0.4, -0.2) is 12.7 Å². The topological polar surface area (TPSA) is 18.5 Å². The standard InChI is InChI=1S/C25H22F2O2/c1-25(2,3)29-24-20(27)14-16-10-6-8-12-18(16)22(24)21-17-11-7-5-9-15(17)13-19(26)23(21)28-4/h5-14H,1-4H3. The van der Waals surface area contributed by atoms with E-state index in [0.29, 0.717) is 21.9 Å². The molecular formula is C25H22F2O2. The number of benzene rings is 4. The molecule has 0 fully saturated rings. The van der Waals surface area contributed by atoms with Crippen LogP contribution in [0.3, 0.4) is 0 Å². The highest BCUT2D eigenvalue weighted by molar-refractivity contribution is 6.10. The number of halogens is 2.